The lowest BCUT2D eigenvalue weighted by atomic mass is 10.0. The van der Waals surface area contributed by atoms with Crippen LogP contribution in [0.15, 0.2) is 24.3 Å². The van der Waals surface area contributed by atoms with Gasteiger partial charge in [0.15, 0.2) is 5.78 Å². The van der Waals surface area contributed by atoms with E-state index in [4.69, 9.17) is 5.11 Å². The van der Waals surface area contributed by atoms with Gasteiger partial charge in [0.2, 0.25) is 0 Å². The summed E-state index contributed by atoms with van der Waals surface area (Å²) in [5, 5.41) is 12.2. The van der Waals surface area contributed by atoms with Gasteiger partial charge in [-0.05, 0) is 17.7 Å². The van der Waals surface area contributed by atoms with Gasteiger partial charge in [0, 0.05) is 13.0 Å². The summed E-state index contributed by atoms with van der Waals surface area (Å²) >= 11 is 0. The van der Waals surface area contributed by atoms with E-state index in [1.165, 1.54) is 0 Å². The molecule has 0 aromatic heterocycles. The summed E-state index contributed by atoms with van der Waals surface area (Å²) < 4.78 is 0. The van der Waals surface area contributed by atoms with Gasteiger partial charge in [-0.15, -0.1) is 0 Å². The smallest absolute Gasteiger partial charge is 0.155 e. The number of phenolic OH excluding ortho intramolecular Hbond substituents is 1. The second kappa shape index (κ2) is 3.18. The number of benzene rings is 1. The highest BCUT2D eigenvalue weighted by Crippen LogP contribution is 2.21. The van der Waals surface area contributed by atoms with Gasteiger partial charge in [-0.1, -0.05) is 12.1 Å². The minimum atomic E-state index is -0.166. The Labute approximate surface area is 76.4 Å². The Morgan fingerprint density at radius 2 is 2.00 bits per heavy atom. The van der Waals surface area contributed by atoms with Crippen molar-refractivity contribution in [2.75, 3.05) is 6.54 Å². The number of rotatable bonds is 1. The van der Waals surface area contributed by atoms with Crippen molar-refractivity contribution in [3.8, 4) is 5.75 Å². The first-order valence-corrected chi connectivity index (χ1v) is 4.32. The number of hydrogen-bond donors (Lipinski definition) is 2. The fourth-order valence-electron chi connectivity index (χ4n) is 1.57. The molecule has 2 N–H and O–H groups in total. The molecule has 1 unspecified atom stereocenters. The lowest BCUT2D eigenvalue weighted by Crippen LogP contribution is -2.17. The summed E-state index contributed by atoms with van der Waals surface area (Å²) in [6.45, 7) is 0.754. The van der Waals surface area contributed by atoms with E-state index in [-0.39, 0.29) is 17.6 Å². The normalized spacial score (nSPS) is 22.2. The van der Waals surface area contributed by atoms with E-state index in [0.717, 1.165) is 12.1 Å². The molecule has 0 saturated carbocycles. The van der Waals surface area contributed by atoms with E-state index >= 15 is 0 Å². The quantitative estimate of drug-likeness (QED) is 0.672. The van der Waals surface area contributed by atoms with Crippen molar-refractivity contribution >= 4 is 5.78 Å². The first-order chi connectivity index (χ1) is 6.27. The monoisotopic (exact) mass is 177 g/mol. The van der Waals surface area contributed by atoms with Crippen LogP contribution in [0.3, 0.4) is 0 Å². The largest absolute Gasteiger partial charge is 0.508 e. The van der Waals surface area contributed by atoms with Gasteiger partial charge in [-0.25, -0.2) is 0 Å². The van der Waals surface area contributed by atoms with Gasteiger partial charge in [-0.2, -0.15) is 0 Å². The van der Waals surface area contributed by atoms with Crippen LogP contribution in [0.2, 0.25) is 0 Å². The van der Waals surface area contributed by atoms with Crippen LogP contribution in [0.1, 0.15) is 18.0 Å². The van der Waals surface area contributed by atoms with Crippen LogP contribution >= 0.6 is 0 Å². The molecule has 0 spiro atoms. The summed E-state index contributed by atoms with van der Waals surface area (Å²) in [6, 6.07) is 6.58. The third-order valence-electron chi connectivity index (χ3n) is 2.27. The van der Waals surface area contributed by atoms with Crippen molar-refractivity contribution in [1.29, 1.82) is 0 Å². The van der Waals surface area contributed by atoms with E-state index < -0.39 is 0 Å². The minimum Gasteiger partial charge on any atom is -0.508 e. The number of nitrogens with one attached hydrogen (secondary N) is 1. The third-order valence-corrected chi connectivity index (χ3v) is 2.27. The van der Waals surface area contributed by atoms with Crippen LogP contribution in [-0.2, 0) is 4.79 Å². The number of carbonyl (C=O) groups is 1. The van der Waals surface area contributed by atoms with Crippen LogP contribution in [0.5, 0.6) is 5.75 Å². The predicted molar refractivity (Wildman–Crippen MR) is 48.5 cm³/mol. The summed E-state index contributed by atoms with van der Waals surface area (Å²) in [4.78, 5) is 11.3. The Hall–Kier alpha value is -1.35. The summed E-state index contributed by atoms with van der Waals surface area (Å²) in [7, 11) is 0. The molecule has 0 amide bonds. The molecule has 0 aliphatic carbocycles. The SMILES string of the molecule is O=C1CCNC1c1ccc(O)cc1. The lowest BCUT2D eigenvalue weighted by molar-refractivity contribution is -0.118. The molecule has 1 aliphatic heterocycles. The topological polar surface area (TPSA) is 49.3 Å². The van der Waals surface area contributed by atoms with Crippen LogP contribution < -0.4 is 5.32 Å². The number of Topliss-reactive ketones (excluding diaryl/α,β-unsaturated/α-hetero) is 1. The first kappa shape index (κ1) is 8.26. The van der Waals surface area contributed by atoms with Gasteiger partial charge in [0.25, 0.3) is 0 Å². The predicted octanol–water partition coefficient (Wildman–Crippen LogP) is 0.996. The molecule has 1 atom stereocenters. The minimum absolute atomic E-state index is 0.166. The Bertz CT molecular complexity index is 318. The highest BCUT2D eigenvalue weighted by Gasteiger charge is 2.24. The fraction of sp³-hybridized carbons (Fsp3) is 0.300. The summed E-state index contributed by atoms with van der Waals surface area (Å²) in [6.07, 6.45) is 0.603. The Morgan fingerprint density at radius 1 is 1.31 bits per heavy atom. The van der Waals surface area contributed by atoms with Crippen molar-refractivity contribution in [2.24, 2.45) is 0 Å². The highest BCUT2D eigenvalue weighted by atomic mass is 16.3. The molecule has 13 heavy (non-hydrogen) atoms. The molecule has 1 aromatic rings. The second-order valence-electron chi connectivity index (χ2n) is 3.19. The number of ketones is 1. The van der Waals surface area contributed by atoms with E-state index in [1.54, 1.807) is 24.3 Å². The van der Waals surface area contributed by atoms with E-state index in [1.807, 2.05) is 0 Å². The molecule has 3 heteroatoms. The van der Waals surface area contributed by atoms with E-state index in [9.17, 15) is 4.79 Å². The van der Waals surface area contributed by atoms with Crippen LogP contribution in [0.4, 0.5) is 0 Å². The summed E-state index contributed by atoms with van der Waals surface area (Å²) in [5.41, 5.74) is 0.931. The van der Waals surface area contributed by atoms with Crippen LogP contribution in [0.25, 0.3) is 0 Å². The van der Waals surface area contributed by atoms with Crippen LogP contribution in [-0.4, -0.2) is 17.4 Å². The van der Waals surface area contributed by atoms with Gasteiger partial charge in [0.1, 0.15) is 5.75 Å². The zero-order valence-corrected chi connectivity index (χ0v) is 7.16. The zero-order chi connectivity index (χ0) is 9.26. The average molecular weight is 177 g/mol. The molecule has 68 valence electrons. The van der Waals surface area contributed by atoms with Gasteiger partial charge < -0.3 is 10.4 Å². The molecular formula is C10H11NO2. The third kappa shape index (κ3) is 1.55. The van der Waals surface area contributed by atoms with Gasteiger partial charge in [0.05, 0.1) is 6.04 Å². The molecular weight excluding hydrogens is 166 g/mol. The number of phenols is 1. The van der Waals surface area contributed by atoms with Crippen molar-refractivity contribution in [3.63, 3.8) is 0 Å². The highest BCUT2D eigenvalue weighted by molar-refractivity contribution is 5.87. The van der Waals surface area contributed by atoms with Crippen molar-refractivity contribution in [1.82, 2.24) is 5.32 Å². The lowest BCUT2D eigenvalue weighted by Gasteiger charge is -2.08. The molecule has 1 saturated heterocycles. The first-order valence-electron chi connectivity index (χ1n) is 4.32. The average Bonchev–Trinajstić information content (AvgIpc) is 2.53. The molecule has 0 bridgehead atoms. The molecule has 2 rings (SSSR count). The van der Waals surface area contributed by atoms with Crippen molar-refractivity contribution in [2.45, 2.75) is 12.5 Å². The maximum atomic E-state index is 11.3. The maximum absolute atomic E-state index is 11.3. The van der Waals surface area contributed by atoms with Gasteiger partial charge >= 0.3 is 0 Å². The Balaban J connectivity index is 2.25. The number of hydrogen-bond acceptors (Lipinski definition) is 3. The van der Waals surface area contributed by atoms with Crippen LogP contribution in [0, 0.1) is 0 Å². The molecule has 0 radical (unpaired) electrons. The van der Waals surface area contributed by atoms with Crippen molar-refractivity contribution in [3.05, 3.63) is 29.8 Å². The van der Waals surface area contributed by atoms with Crippen molar-refractivity contribution < 1.29 is 9.90 Å². The molecule has 3 nitrogen and oxygen atoms in total. The molecule has 1 heterocycles. The Morgan fingerprint density at radius 3 is 2.54 bits per heavy atom. The number of aromatic hydroxyl groups is 1. The second-order valence-corrected chi connectivity index (χ2v) is 3.19. The number of carbonyl (C=O) groups excluding carboxylic acids is 1. The van der Waals surface area contributed by atoms with E-state index in [2.05, 4.69) is 5.32 Å². The molecule has 1 aromatic carbocycles. The maximum Gasteiger partial charge on any atom is 0.155 e. The summed E-state index contributed by atoms with van der Waals surface area (Å²) in [5.74, 6) is 0.458. The van der Waals surface area contributed by atoms with E-state index in [0.29, 0.717) is 6.42 Å². The standard InChI is InChI=1S/C10H11NO2/c12-8-3-1-7(2-4-8)10-9(13)5-6-11-10/h1-4,10-12H,5-6H2. The Kier molecular flexibility index (Phi) is 2.02. The molecule has 1 fully saturated rings. The zero-order valence-electron chi connectivity index (χ0n) is 7.16. The molecule has 1 aliphatic rings. The van der Waals surface area contributed by atoms with Gasteiger partial charge in [-0.3, -0.25) is 4.79 Å². The fourth-order valence-corrected chi connectivity index (χ4v) is 1.57.